The van der Waals surface area contributed by atoms with Gasteiger partial charge in [0.15, 0.2) is 0 Å². The predicted molar refractivity (Wildman–Crippen MR) is 99.3 cm³/mol. The van der Waals surface area contributed by atoms with Crippen molar-refractivity contribution in [1.82, 2.24) is 9.78 Å². The van der Waals surface area contributed by atoms with Crippen LogP contribution in [-0.2, 0) is 12.0 Å². The monoisotopic (exact) mass is 355 g/mol. The number of hydrogen-bond donors (Lipinski definition) is 1. The summed E-state index contributed by atoms with van der Waals surface area (Å²) in [5.41, 5.74) is 1.98. The van der Waals surface area contributed by atoms with Crippen LogP contribution in [0.5, 0.6) is 5.75 Å². The molecule has 2 aromatic rings. The number of aliphatic hydroxyl groups is 1. The number of aromatic nitrogens is 2. The molecule has 2 rings (SSSR count). The van der Waals surface area contributed by atoms with Gasteiger partial charge in [0.25, 0.3) is 5.56 Å². The van der Waals surface area contributed by atoms with Crippen LogP contribution in [0.4, 0.5) is 0 Å². The van der Waals surface area contributed by atoms with E-state index in [-0.39, 0.29) is 24.1 Å². The van der Waals surface area contributed by atoms with E-state index in [9.17, 15) is 9.90 Å². The van der Waals surface area contributed by atoms with Gasteiger partial charge in [-0.2, -0.15) is 10.4 Å². The number of aryl methyl sites for hydroxylation is 1. The summed E-state index contributed by atoms with van der Waals surface area (Å²) in [6.45, 7) is 9.81. The van der Waals surface area contributed by atoms with Crippen molar-refractivity contribution < 1.29 is 9.84 Å². The SMILES string of the molecule is Cc1nn(C[C@H](O)COc2ccc(C(C)(C)C)cc2)c(=O)c(C#N)c1C. The quantitative estimate of drug-likeness (QED) is 0.890. The molecule has 26 heavy (non-hydrogen) atoms. The number of aliphatic hydroxyl groups excluding tert-OH is 1. The van der Waals surface area contributed by atoms with Crippen molar-refractivity contribution in [1.29, 1.82) is 5.26 Å². The van der Waals surface area contributed by atoms with Gasteiger partial charge in [-0.3, -0.25) is 4.79 Å². The summed E-state index contributed by atoms with van der Waals surface area (Å²) in [4.78, 5) is 12.2. The number of nitrogens with zero attached hydrogens (tertiary/aromatic N) is 3. The summed E-state index contributed by atoms with van der Waals surface area (Å²) in [6.07, 6.45) is -0.920. The molecule has 0 saturated heterocycles. The Balaban J connectivity index is 2.04. The van der Waals surface area contributed by atoms with E-state index in [0.717, 1.165) is 4.68 Å². The fraction of sp³-hybridized carbons (Fsp3) is 0.450. The standard InChI is InChI=1S/C20H25N3O3/c1-13-14(2)22-23(19(25)18(13)10-21)11-16(24)12-26-17-8-6-15(7-9-17)20(3,4)5/h6-9,16,24H,11-12H2,1-5H3/t16-/m0/s1. The number of benzene rings is 1. The highest BCUT2D eigenvalue weighted by Crippen LogP contribution is 2.24. The lowest BCUT2D eigenvalue weighted by atomic mass is 9.87. The highest BCUT2D eigenvalue weighted by atomic mass is 16.5. The first-order valence-electron chi connectivity index (χ1n) is 8.53. The molecule has 138 valence electrons. The first-order valence-corrected chi connectivity index (χ1v) is 8.53. The average molecular weight is 355 g/mol. The van der Waals surface area contributed by atoms with Crippen LogP contribution in [-0.4, -0.2) is 27.6 Å². The maximum absolute atomic E-state index is 12.2. The number of ether oxygens (including phenoxy) is 1. The molecule has 1 aromatic carbocycles. The van der Waals surface area contributed by atoms with Crippen molar-refractivity contribution in [2.24, 2.45) is 0 Å². The summed E-state index contributed by atoms with van der Waals surface area (Å²) in [5, 5.41) is 23.5. The lowest BCUT2D eigenvalue weighted by molar-refractivity contribution is 0.0877. The number of nitriles is 1. The lowest BCUT2D eigenvalue weighted by Crippen LogP contribution is -2.34. The highest BCUT2D eigenvalue weighted by Gasteiger charge is 2.16. The van der Waals surface area contributed by atoms with Crippen LogP contribution in [0.2, 0.25) is 0 Å². The normalized spacial score (nSPS) is 12.5. The van der Waals surface area contributed by atoms with E-state index >= 15 is 0 Å². The van der Waals surface area contributed by atoms with E-state index in [1.807, 2.05) is 30.3 Å². The Hall–Kier alpha value is -2.65. The molecular formula is C20H25N3O3. The molecule has 0 saturated carbocycles. The Morgan fingerprint density at radius 3 is 2.42 bits per heavy atom. The fourth-order valence-electron chi connectivity index (χ4n) is 2.52. The van der Waals surface area contributed by atoms with Gasteiger partial charge < -0.3 is 9.84 Å². The first kappa shape index (κ1) is 19.7. The number of rotatable bonds is 5. The summed E-state index contributed by atoms with van der Waals surface area (Å²) in [6, 6.07) is 9.62. The van der Waals surface area contributed by atoms with Crippen molar-refractivity contribution in [3.05, 3.63) is 57.0 Å². The van der Waals surface area contributed by atoms with Gasteiger partial charge in [0, 0.05) is 0 Å². The second kappa shape index (κ2) is 7.71. The van der Waals surface area contributed by atoms with Gasteiger partial charge in [0.05, 0.1) is 12.2 Å². The molecule has 1 aromatic heterocycles. The van der Waals surface area contributed by atoms with Gasteiger partial charge in [-0.05, 0) is 42.5 Å². The largest absolute Gasteiger partial charge is 0.491 e. The summed E-state index contributed by atoms with van der Waals surface area (Å²) in [7, 11) is 0. The number of hydrogen-bond acceptors (Lipinski definition) is 5. The predicted octanol–water partition coefficient (Wildman–Crippen LogP) is 2.47. The first-order chi connectivity index (χ1) is 12.1. The molecule has 1 N–H and O–H groups in total. The van der Waals surface area contributed by atoms with Crippen LogP contribution in [0.25, 0.3) is 0 Å². The molecule has 0 spiro atoms. The molecule has 1 atom stereocenters. The zero-order valence-corrected chi connectivity index (χ0v) is 15.9. The maximum Gasteiger partial charge on any atom is 0.285 e. The zero-order valence-electron chi connectivity index (χ0n) is 15.9. The van der Waals surface area contributed by atoms with E-state index in [4.69, 9.17) is 10.00 Å². The van der Waals surface area contributed by atoms with Crippen molar-refractivity contribution >= 4 is 0 Å². The van der Waals surface area contributed by atoms with Crippen molar-refractivity contribution in [2.45, 2.75) is 52.7 Å². The molecule has 1 heterocycles. The van der Waals surface area contributed by atoms with Crippen molar-refractivity contribution in [3.63, 3.8) is 0 Å². The van der Waals surface area contributed by atoms with E-state index in [1.165, 1.54) is 5.56 Å². The molecule has 0 amide bonds. The van der Waals surface area contributed by atoms with Crippen LogP contribution in [0.1, 0.15) is 43.2 Å². The molecule has 0 unspecified atom stereocenters. The van der Waals surface area contributed by atoms with Crippen LogP contribution in [0.15, 0.2) is 29.1 Å². The third-order valence-corrected chi connectivity index (χ3v) is 4.29. The van der Waals surface area contributed by atoms with E-state index in [0.29, 0.717) is 17.0 Å². The van der Waals surface area contributed by atoms with Gasteiger partial charge in [0.1, 0.15) is 30.1 Å². The topological polar surface area (TPSA) is 88.1 Å². The highest BCUT2D eigenvalue weighted by molar-refractivity contribution is 5.36. The van der Waals surface area contributed by atoms with Gasteiger partial charge >= 0.3 is 0 Å². The third-order valence-electron chi connectivity index (χ3n) is 4.29. The molecule has 0 fully saturated rings. The van der Waals surface area contributed by atoms with Gasteiger partial charge in [-0.1, -0.05) is 32.9 Å². The van der Waals surface area contributed by atoms with Crippen LogP contribution in [0.3, 0.4) is 0 Å². The van der Waals surface area contributed by atoms with Crippen molar-refractivity contribution in [2.75, 3.05) is 6.61 Å². The minimum Gasteiger partial charge on any atom is -0.491 e. The van der Waals surface area contributed by atoms with E-state index in [2.05, 4.69) is 25.9 Å². The smallest absolute Gasteiger partial charge is 0.285 e. The minimum atomic E-state index is -0.920. The van der Waals surface area contributed by atoms with Crippen LogP contribution < -0.4 is 10.3 Å². The molecule has 0 radical (unpaired) electrons. The Morgan fingerprint density at radius 2 is 1.88 bits per heavy atom. The lowest BCUT2D eigenvalue weighted by Gasteiger charge is -2.19. The zero-order chi connectivity index (χ0) is 19.5. The summed E-state index contributed by atoms with van der Waals surface area (Å²) < 4.78 is 6.72. The minimum absolute atomic E-state index is 0.0256. The third kappa shape index (κ3) is 4.50. The van der Waals surface area contributed by atoms with Gasteiger partial charge in [-0.15, -0.1) is 0 Å². The van der Waals surface area contributed by atoms with Gasteiger partial charge in [0.2, 0.25) is 0 Å². The van der Waals surface area contributed by atoms with Gasteiger partial charge in [-0.25, -0.2) is 4.68 Å². The molecule has 6 heteroatoms. The molecule has 0 bridgehead atoms. The Morgan fingerprint density at radius 1 is 1.27 bits per heavy atom. The molecule has 0 aliphatic heterocycles. The van der Waals surface area contributed by atoms with Crippen LogP contribution >= 0.6 is 0 Å². The summed E-state index contributed by atoms with van der Waals surface area (Å²) >= 11 is 0. The Labute approximate surface area is 153 Å². The Bertz CT molecular complexity index is 871. The molecular weight excluding hydrogens is 330 g/mol. The molecule has 0 aliphatic rings. The fourth-order valence-corrected chi connectivity index (χ4v) is 2.52. The van der Waals surface area contributed by atoms with E-state index < -0.39 is 11.7 Å². The molecule has 6 nitrogen and oxygen atoms in total. The van der Waals surface area contributed by atoms with Crippen molar-refractivity contribution in [3.8, 4) is 11.8 Å². The second-order valence-corrected chi connectivity index (χ2v) is 7.42. The van der Waals surface area contributed by atoms with E-state index in [1.54, 1.807) is 13.8 Å². The average Bonchev–Trinajstić information content (AvgIpc) is 2.58. The van der Waals surface area contributed by atoms with Crippen LogP contribution in [0, 0.1) is 25.2 Å². The molecule has 0 aliphatic carbocycles. The second-order valence-electron chi connectivity index (χ2n) is 7.42. The Kier molecular flexibility index (Phi) is 5.83. The summed E-state index contributed by atoms with van der Waals surface area (Å²) in [5.74, 6) is 0.648. The maximum atomic E-state index is 12.2.